The molecule has 2 saturated heterocycles. The Kier molecular flexibility index (Phi) is 3.53. The van der Waals surface area contributed by atoms with Crippen molar-refractivity contribution in [1.82, 2.24) is 0 Å². The molecule has 8 heteroatoms. The fourth-order valence-corrected chi connectivity index (χ4v) is 4.86. The highest BCUT2D eigenvalue weighted by molar-refractivity contribution is 6.05. The van der Waals surface area contributed by atoms with Crippen molar-refractivity contribution in [2.24, 2.45) is 11.8 Å². The molecule has 2 amide bonds. The van der Waals surface area contributed by atoms with E-state index in [0.717, 1.165) is 0 Å². The SMILES string of the molecule is O=C(Nc1cccc(F)c1)[C@@H]1[C@H]2C(=O)N(c3ccc4c(c3)OCO4)C[C@]23C=C[C@H]1O3. The number of fused-ring (bicyclic) bond motifs is 2. The number of hydrogen-bond acceptors (Lipinski definition) is 5. The Morgan fingerprint density at radius 1 is 1.17 bits per heavy atom. The summed E-state index contributed by atoms with van der Waals surface area (Å²) in [6.45, 7) is 0.460. The molecule has 4 aliphatic rings. The third kappa shape index (κ3) is 2.40. The van der Waals surface area contributed by atoms with Crippen LogP contribution in [0.5, 0.6) is 11.5 Å². The molecule has 0 saturated carbocycles. The number of benzene rings is 2. The number of halogens is 1. The van der Waals surface area contributed by atoms with Gasteiger partial charge >= 0.3 is 0 Å². The van der Waals surface area contributed by atoms with E-state index in [1.807, 2.05) is 12.2 Å². The number of carbonyl (C=O) groups is 2. The molecule has 1 spiro atoms. The minimum Gasteiger partial charge on any atom is -0.454 e. The van der Waals surface area contributed by atoms with Gasteiger partial charge in [-0.25, -0.2) is 4.39 Å². The van der Waals surface area contributed by atoms with Gasteiger partial charge in [0.1, 0.15) is 11.4 Å². The summed E-state index contributed by atoms with van der Waals surface area (Å²) < 4.78 is 30.4. The Bertz CT molecular complexity index is 1120. The zero-order valence-electron chi connectivity index (χ0n) is 15.7. The number of rotatable bonds is 3. The van der Waals surface area contributed by atoms with E-state index in [2.05, 4.69) is 5.32 Å². The molecule has 0 aliphatic carbocycles. The Morgan fingerprint density at radius 3 is 2.90 bits per heavy atom. The maximum atomic E-state index is 13.5. The summed E-state index contributed by atoms with van der Waals surface area (Å²) in [7, 11) is 0. The first-order valence-corrected chi connectivity index (χ1v) is 9.69. The number of amides is 2. The fourth-order valence-electron chi connectivity index (χ4n) is 4.86. The average Bonchev–Trinajstić information content (AvgIpc) is 3.48. The molecule has 0 radical (unpaired) electrons. The van der Waals surface area contributed by atoms with E-state index in [1.54, 1.807) is 29.2 Å². The second-order valence-corrected chi connectivity index (χ2v) is 7.86. The lowest BCUT2D eigenvalue weighted by molar-refractivity contribution is -0.128. The molecule has 0 aromatic heterocycles. The van der Waals surface area contributed by atoms with Crippen LogP contribution in [0.25, 0.3) is 0 Å². The quantitative estimate of drug-likeness (QED) is 0.790. The highest BCUT2D eigenvalue weighted by Gasteiger charge is 2.67. The number of anilines is 2. The van der Waals surface area contributed by atoms with Crippen LogP contribution in [-0.2, 0) is 14.3 Å². The van der Waals surface area contributed by atoms with Crippen LogP contribution in [0.4, 0.5) is 15.8 Å². The lowest BCUT2D eigenvalue weighted by Crippen LogP contribution is -2.41. The first-order chi connectivity index (χ1) is 14.5. The molecule has 2 aromatic rings. The van der Waals surface area contributed by atoms with Crippen molar-refractivity contribution in [3.8, 4) is 11.5 Å². The lowest BCUT2D eigenvalue weighted by atomic mass is 9.77. The van der Waals surface area contributed by atoms with Crippen molar-refractivity contribution >= 4 is 23.2 Å². The standard InChI is InChI=1S/C22H17FN2O5/c23-12-2-1-3-13(8-12)24-20(26)18-16-6-7-22(30-16)10-25(21(27)19(18)22)14-4-5-15-17(9-14)29-11-28-15/h1-9,16,18-19H,10-11H2,(H,24,26)/t16-,18+,19+,22-/m1/s1. The third-order valence-electron chi connectivity index (χ3n) is 6.16. The summed E-state index contributed by atoms with van der Waals surface area (Å²) in [6.07, 6.45) is 3.24. The number of ether oxygens (including phenoxy) is 3. The fraction of sp³-hybridized carbons (Fsp3) is 0.273. The van der Waals surface area contributed by atoms with Crippen molar-refractivity contribution in [2.45, 2.75) is 11.7 Å². The maximum absolute atomic E-state index is 13.5. The second-order valence-electron chi connectivity index (χ2n) is 7.86. The molecular weight excluding hydrogens is 391 g/mol. The number of nitrogens with one attached hydrogen (secondary N) is 1. The maximum Gasteiger partial charge on any atom is 0.234 e. The minimum absolute atomic E-state index is 0.148. The summed E-state index contributed by atoms with van der Waals surface area (Å²) in [4.78, 5) is 28.1. The normalized spacial score (nSPS) is 30.1. The molecular formula is C22H17FN2O5. The predicted molar refractivity (Wildman–Crippen MR) is 104 cm³/mol. The molecule has 2 bridgehead atoms. The van der Waals surface area contributed by atoms with Crippen LogP contribution in [0.1, 0.15) is 0 Å². The smallest absolute Gasteiger partial charge is 0.234 e. The molecule has 1 N–H and O–H groups in total. The highest BCUT2D eigenvalue weighted by Crippen LogP contribution is 2.53. The second kappa shape index (κ2) is 6.06. The highest BCUT2D eigenvalue weighted by atomic mass is 19.1. The molecule has 2 fully saturated rings. The Morgan fingerprint density at radius 2 is 2.03 bits per heavy atom. The van der Waals surface area contributed by atoms with Crippen molar-refractivity contribution in [3.63, 3.8) is 0 Å². The summed E-state index contributed by atoms with van der Waals surface area (Å²) in [5.41, 5.74) is 0.166. The van der Waals surface area contributed by atoms with Gasteiger partial charge in [-0.15, -0.1) is 0 Å². The van der Waals surface area contributed by atoms with Crippen LogP contribution >= 0.6 is 0 Å². The van der Waals surface area contributed by atoms with Gasteiger partial charge in [0.05, 0.1) is 24.5 Å². The number of hydrogen-bond donors (Lipinski definition) is 1. The third-order valence-corrected chi connectivity index (χ3v) is 6.16. The van der Waals surface area contributed by atoms with Crippen molar-refractivity contribution in [1.29, 1.82) is 0 Å². The Labute approximate surface area is 171 Å². The zero-order valence-corrected chi connectivity index (χ0v) is 15.7. The summed E-state index contributed by atoms with van der Waals surface area (Å²) in [5.74, 6) is -1.11. The molecule has 152 valence electrons. The largest absolute Gasteiger partial charge is 0.454 e. The van der Waals surface area contributed by atoms with Gasteiger partial charge in [-0.2, -0.15) is 0 Å². The van der Waals surface area contributed by atoms with Crippen LogP contribution in [0.3, 0.4) is 0 Å². The molecule has 7 nitrogen and oxygen atoms in total. The van der Waals surface area contributed by atoms with E-state index >= 15 is 0 Å². The molecule has 0 unspecified atom stereocenters. The van der Waals surface area contributed by atoms with Gasteiger partial charge < -0.3 is 24.4 Å². The van der Waals surface area contributed by atoms with Gasteiger partial charge in [-0.05, 0) is 30.3 Å². The molecule has 4 atom stereocenters. The van der Waals surface area contributed by atoms with Gasteiger partial charge in [-0.3, -0.25) is 9.59 Å². The van der Waals surface area contributed by atoms with E-state index in [9.17, 15) is 14.0 Å². The van der Waals surface area contributed by atoms with E-state index in [4.69, 9.17) is 14.2 Å². The van der Waals surface area contributed by atoms with Crippen LogP contribution in [0.15, 0.2) is 54.6 Å². The Hall–Kier alpha value is -3.39. The average molecular weight is 408 g/mol. The zero-order chi connectivity index (χ0) is 20.5. The van der Waals surface area contributed by atoms with Crippen LogP contribution in [0.2, 0.25) is 0 Å². The molecule has 4 aliphatic heterocycles. The Balaban J connectivity index is 1.30. The van der Waals surface area contributed by atoms with E-state index in [1.165, 1.54) is 18.2 Å². The topological polar surface area (TPSA) is 77.1 Å². The van der Waals surface area contributed by atoms with Crippen molar-refractivity contribution in [2.75, 3.05) is 23.6 Å². The summed E-state index contributed by atoms with van der Waals surface area (Å²) >= 11 is 0. The molecule has 4 heterocycles. The van der Waals surface area contributed by atoms with E-state index in [0.29, 0.717) is 29.4 Å². The van der Waals surface area contributed by atoms with Crippen molar-refractivity contribution in [3.05, 3.63) is 60.4 Å². The summed E-state index contributed by atoms with van der Waals surface area (Å²) in [6, 6.07) is 11.0. The van der Waals surface area contributed by atoms with Gasteiger partial charge in [0.15, 0.2) is 11.5 Å². The van der Waals surface area contributed by atoms with Crippen LogP contribution in [-0.4, -0.2) is 36.9 Å². The predicted octanol–water partition coefficient (Wildman–Crippen LogP) is 2.48. The van der Waals surface area contributed by atoms with E-state index < -0.39 is 29.4 Å². The first kappa shape index (κ1) is 17.5. The molecule has 6 rings (SSSR count). The monoisotopic (exact) mass is 408 g/mol. The van der Waals surface area contributed by atoms with Crippen molar-refractivity contribution < 1.29 is 28.2 Å². The van der Waals surface area contributed by atoms with Gasteiger partial charge in [0, 0.05) is 17.4 Å². The number of carbonyl (C=O) groups excluding carboxylic acids is 2. The molecule has 30 heavy (non-hydrogen) atoms. The van der Waals surface area contributed by atoms with Gasteiger partial charge in [0.2, 0.25) is 18.6 Å². The van der Waals surface area contributed by atoms with Gasteiger partial charge in [0.25, 0.3) is 0 Å². The first-order valence-electron chi connectivity index (χ1n) is 9.69. The summed E-state index contributed by atoms with van der Waals surface area (Å²) in [5, 5.41) is 2.73. The lowest BCUT2D eigenvalue weighted by Gasteiger charge is -2.23. The molecule has 2 aromatic carbocycles. The minimum atomic E-state index is -0.845. The van der Waals surface area contributed by atoms with Gasteiger partial charge in [-0.1, -0.05) is 18.2 Å². The van der Waals surface area contributed by atoms with E-state index in [-0.39, 0.29) is 18.6 Å². The van der Waals surface area contributed by atoms with Crippen LogP contribution in [0, 0.1) is 17.7 Å². The number of nitrogens with zero attached hydrogens (tertiary/aromatic N) is 1. The van der Waals surface area contributed by atoms with Crippen LogP contribution < -0.4 is 19.7 Å².